The average Bonchev–Trinajstić information content (AvgIpc) is 3.08. The maximum Gasteiger partial charge on any atom is 0.0991 e. The van der Waals surface area contributed by atoms with Gasteiger partial charge in [-0.3, -0.25) is 0 Å². The van der Waals surface area contributed by atoms with Crippen LogP contribution in [-0.4, -0.2) is 9.55 Å². The van der Waals surface area contributed by atoms with Crippen LogP contribution < -0.4 is 0 Å². The van der Waals surface area contributed by atoms with E-state index in [1.165, 1.54) is 16.7 Å². The van der Waals surface area contributed by atoms with Gasteiger partial charge in [-0.2, -0.15) is 5.26 Å². The van der Waals surface area contributed by atoms with Crippen LogP contribution in [0.5, 0.6) is 0 Å². The van der Waals surface area contributed by atoms with E-state index in [9.17, 15) is 0 Å². The fourth-order valence-electron chi connectivity index (χ4n) is 2.51. The SMILES string of the molecule is CCc1cc(-n2ccnc2)ccc1-c1ccc(C#N)cc1I. The van der Waals surface area contributed by atoms with Crippen molar-refractivity contribution >= 4 is 22.6 Å². The van der Waals surface area contributed by atoms with Crippen molar-refractivity contribution in [2.75, 3.05) is 0 Å². The lowest BCUT2D eigenvalue weighted by Gasteiger charge is -2.13. The summed E-state index contributed by atoms with van der Waals surface area (Å²) in [6.07, 6.45) is 6.48. The van der Waals surface area contributed by atoms with Gasteiger partial charge < -0.3 is 4.57 Å². The Morgan fingerprint density at radius 3 is 2.64 bits per heavy atom. The number of nitriles is 1. The van der Waals surface area contributed by atoms with E-state index in [-0.39, 0.29) is 0 Å². The minimum Gasteiger partial charge on any atom is -0.306 e. The first-order valence-corrected chi connectivity index (χ1v) is 8.12. The number of halogens is 1. The monoisotopic (exact) mass is 399 g/mol. The molecule has 0 unspecified atom stereocenters. The van der Waals surface area contributed by atoms with Gasteiger partial charge in [-0.25, -0.2) is 4.98 Å². The van der Waals surface area contributed by atoms with Crippen LogP contribution >= 0.6 is 22.6 Å². The molecule has 0 radical (unpaired) electrons. The number of aromatic nitrogens is 2. The molecule has 0 aliphatic carbocycles. The van der Waals surface area contributed by atoms with Crippen LogP contribution in [0.1, 0.15) is 18.1 Å². The standard InChI is InChI=1S/C18H14IN3/c1-2-14-10-15(22-8-7-21-12-22)4-6-16(14)17-5-3-13(11-20)9-18(17)19/h3-10,12H,2H2,1H3. The molecule has 3 aromatic rings. The van der Waals surface area contributed by atoms with Gasteiger partial charge in [0.15, 0.2) is 0 Å². The Balaban J connectivity index is 2.10. The molecule has 4 heteroatoms. The fraction of sp³-hybridized carbons (Fsp3) is 0.111. The molecule has 0 aliphatic heterocycles. The van der Waals surface area contributed by atoms with Crippen LogP contribution in [-0.2, 0) is 6.42 Å². The van der Waals surface area contributed by atoms with Gasteiger partial charge in [-0.05, 0) is 70.0 Å². The molecule has 0 spiro atoms. The van der Waals surface area contributed by atoms with E-state index < -0.39 is 0 Å². The second-order valence-electron chi connectivity index (χ2n) is 4.97. The van der Waals surface area contributed by atoms with Crippen molar-refractivity contribution in [2.45, 2.75) is 13.3 Å². The summed E-state index contributed by atoms with van der Waals surface area (Å²) in [5.74, 6) is 0. The zero-order chi connectivity index (χ0) is 15.5. The van der Waals surface area contributed by atoms with Crippen LogP contribution in [0.2, 0.25) is 0 Å². The highest BCUT2D eigenvalue weighted by Gasteiger charge is 2.10. The maximum atomic E-state index is 9.00. The summed E-state index contributed by atoms with van der Waals surface area (Å²) in [4.78, 5) is 4.10. The summed E-state index contributed by atoms with van der Waals surface area (Å²) in [6, 6.07) is 14.5. The molecule has 108 valence electrons. The van der Waals surface area contributed by atoms with Crippen LogP contribution in [0, 0.1) is 14.9 Å². The lowest BCUT2D eigenvalue weighted by Crippen LogP contribution is -1.96. The molecule has 0 fully saturated rings. The predicted molar refractivity (Wildman–Crippen MR) is 95.8 cm³/mol. The summed E-state index contributed by atoms with van der Waals surface area (Å²) in [6.45, 7) is 2.16. The highest BCUT2D eigenvalue weighted by atomic mass is 127. The van der Waals surface area contributed by atoms with Crippen molar-refractivity contribution < 1.29 is 0 Å². The average molecular weight is 399 g/mol. The normalized spacial score (nSPS) is 10.4. The molecule has 0 aliphatic rings. The molecule has 0 bridgehead atoms. The topological polar surface area (TPSA) is 41.6 Å². The van der Waals surface area contributed by atoms with Crippen molar-refractivity contribution in [1.82, 2.24) is 9.55 Å². The molecule has 1 aromatic heterocycles. The number of rotatable bonds is 3. The van der Waals surface area contributed by atoms with Crippen molar-refractivity contribution in [3.05, 3.63) is 69.8 Å². The Hall–Kier alpha value is -2.13. The van der Waals surface area contributed by atoms with Gasteiger partial charge in [0, 0.05) is 21.7 Å². The summed E-state index contributed by atoms with van der Waals surface area (Å²) in [5.41, 5.74) is 5.49. The van der Waals surface area contributed by atoms with E-state index in [2.05, 4.69) is 58.8 Å². The Morgan fingerprint density at radius 1 is 1.18 bits per heavy atom. The maximum absolute atomic E-state index is 9.00. The highest BCUT2D eigenvalue weighted by molar-refractivity contribution is 14.1. The summed E-state index contributed by atoms with van der Waals surface area (Å²) in [7, 11) is 0. The second-order valence-corrected chi connectivity index (χ2v) is 6.13. The molecule has 1 heterocycles. The fourth-order valence-corrected chi connectivity index (χ4v) is 3.32. The summed E-state index contributed by atoms with van der Waals surface area (Å²) < 4.78 is 3.11. The summed E-state index contributed by atoms with van der Waals surface area (Å²) >= 11 is 2.30. The van der Waals surface area contributed by atoms with Gasteiger partial charge in [-0.15, -0.1) is 0 Å². The zero-order valence-corrected chi connectivity index (χ0v) is 14.3. The van der Waals surface area contributed by atoms with Crippen LogP contribution in [0.15, 0.2) is 55.1 Å². The molecule has 0 saturated carbocycles. The van der Waals surface area contributed by atoms with Gasteiger partial charge in [0.2, 0.25) is 0 Å². The first kappa shape index (κ1) is 14.8. The zero-order valence-electron chi connectivity index (χ0n) is 12.1. The van der Waals surface area contributed by atoms with E-state index in [0.717, 1.165) is 15.7 Å². The highest BCUT2D eigenvalue weighted by Crippen LogP contribution is 2.30. The van der Waals surface area contributed by atoms with Crippen molar-refractivity contribution in [2.24, 2.45) is 0 Å². The van der Waals surface area contributed by atoms with E-state index >= 15 is 0 Å². The quantitative estimate of drug-likeness (QED) is 0.606. The first-order chi connectivity index (χ1) is 10.7. The third kappa shape index (κ3) is 2.77. The van der Waals surface area contributed by atoms with Gasteiger partial charge in [0.1, 0.15) is 0 Å². The molecule has 2 aromatic carbocycles. The number of imidazole rings is 1. The first-order valence-electron chi connectivity index (χ1n) is 7.04. The van der Waals surface area contributed by atoms with Crippen LogP contribution in [0.3, 0.4) is 0 Å². The number of hydrogen-bond donors (Lipinski definition) is 0. The third-order valence-corrected chi connectivity index (χ3v) is 4.55. The van der Waals surface area contributed by atoms with Crippen molar-refractivity contribution in [1.29, 1.82) is 5.26 Å². The van der Waals surface area contributed by atoms with Gasteiger partial charge in [-0.1, -0.05) is 19.1 Å². The molecule has 0 N–H and O–H groups in total. The van der Waals surface area contributed by atoms with Gasteiger partial charge in [0.05, 0.1) is 18.0 Å². The molecule has 22 heavy (non-hydrogen) atoms. The molecular weight excluding hydrogens is 385 g/mol. The summed E-state index contributed by atoms with van der Waals surface area (Å²) in [5, 5.41) is 9.00. The predicted octanol–water partition coefficient (Wildman–Crippen LogP) is 4.58. The molecule has 0 atom stereocenters. The lowest BCUT2D eigenvalue weighted by molar-refractivity contribution is 1.04. The van der Waals surface area contributed by atoms with Crippen LogP contribution in [0.4, 0.5) is 0 Å². The number of benzene rings is 2. The van der Waals surface area contributed by atoms with E-state index in [4.69, 9.17) is 5.26 Å². The van der Waals surface area contributed by atoms with Gasteiger partial charge >= 0.3 is 0 Å². The van der Waals surface area contributed by atoms with Crippen molar-refractivity contribution in [3.63, 3.8) is 0 Å². The Labute approximate surface area is 143 Å². The third-order valence-electron chi connectivity index (χ3n) is 3.66. The van der Waals surface area contributed by atoms with Crippen molar-refractivity contribution in [3.8, 4) is 22.9 Å². The Morgan fingerprint density at radius 2 is 2.00 bits per heavy atom. The minimum absolute atomic E-state index is 0.696. The molecule has 3 nitrogen and oxygen atoms in total. The Bertz CT molecular complexity index is 845. The second kappa shape index (κ2) is 6.32. The number of nitrogens with zero attached hydrogens (tertiary/aromatic N) is 3. The van der Waals surface area contributed by atoms with Gasteiger partial charge in [0.25, 0.3) is 0 Å². The number of hydrogen-bond acceptors (Lipinski definition) is 2. The van der Waals surface area contributed by atoms with Crippen LogP contribution in [0.25, 0.3) is 16.8 Å². The lowest BCUT2D eigenvalue weighted by atomic mass is 9.96. The molecule has 3 rings (SSSR count). The molecular formula is C18H14IN3. The Kier molecular flexibility index (Phi) is 4.25. The molecule has 0 amide bonds. The molecule has 0 saturated heterocycles. The van der Waals surface area contributed by atoms with E-state index in [0.29, 0.717) is 5.56 Å². The smallest absolute Gasteiger partial charge is 0.0991 e. The minimum atomic E-state index is 0.696. The van der Waals surface area contributed by atoms with E-state index in [1.54, 1.807) is 12.5 Å². The van der Waals surface area contributed by atoms with E-state index in [1.807, 2.05) is 29.0 Å². The largest absolute Gasteiger partial charge is 0.306 e. The number of aryl methyl sites for hydroxylation is 1.